The quantitative estimate of drug-likeness (QED) is 0.632. The molecule has 2 heterocycles. The van der Waals surface area contributed by atoms with Crippen molar-refractivity contribution in [3.8, 4) is 0 Å². The Balaban J connectivity index is 2.35. The zero-order valence-electron chi connectivity index (χ0n) is 7.49. The van der Waals surface area contributed by atoms with Gasteiger partial charge in [0.2, 0.25) is 11.7 Å². The summed E-state index contributed by atoms with van der Waals surface area (Å²) in [5.41, 5.74) is 0.153. The van der Waals surface area contributed by atoms with Gasteiger partial charge in [-0.3, -0.25) is 4.79 Å². The van der Waals surface area contributed by atoms with Gasteiger partial charge in [0.05, 0.1) is 12.5 Å². The van der Waals surface area contributed by atoms with Gasteiger partial charge in [0.25, 0.3) is 0 Å². The van der Waals surface area contributed by atoms with Crippen LogP contribution in [0.15, 0.2) is 11.4 Å². The van der Waals surface area contributed by atoms with Gasteiger partial charge < -0.3 is 10.0 Å². The summed E-state index contributed by atoms with van der Waals surface area (Å²) in [5.74, 6) is -2.87. The summed E-state index contributed by atoms with van der Waals surface area (Å²) in [5, 5.41) is 8.49. The fourth-order valence-corrected chi connectivity index (χ4v) is 2.17. The average molecular weight is 199 g/mol. The Labute approximate surface area is 80.0 Å². The van der Waals surface area contributed by atoms with E-state index < -0.39 is 11.8 Å². The topological polar surface area (TPSA) is 57.6 Å². The smallest absolute Gasteiger partial charge is 0.364 e. The highest BCUT2D eigenvalue weighted by molar-refractivity contribution is 5.90. The van der Waals surface area contributed by atoms with E-state index >= 15 is 0 Å². The van der Waals surface area contributed by atoms with E-state index in [0.717, 1.165) is 6.42 Å². The van der Waals surface area contributed by atoms with Crippen LogP contribution in [0, 0.1) is 0 Å². The van der Waals surface area contributed by atoms with Gasteiger partial charge in [-0.2, -0.15) is 4.39 Å². The maximum absolute atomic E-state index is 13.1. The van der Waals surface area contributed by atoms with E-state index in [4.69, 9.17) is 5.11 Å². The minimum Gasteiger partial charge on any atom is -0.476 e. The number of rotatable bonds is 1. The first kappa shape index (κ1) is 9.18. The Hall–Kier alpha value is -1.39. The number of carboxylic acid groups (broad SMARTS) is 1. The van der Waals surface area contributed by atoms with Crippen LogP contribution in [0.5, 0.6) is 0 Å². The standard InChI is InChI=1S/C9H10FNO3/c10-8(9(13)14)5-4-7(12)11-3-1-2-6(5)11/h6H,1-4H2,(H,13,14)/b8-5+. The molecule has 2 rings (SSSR count). The van der Waals surface area contributed by atoms with Crippen LogP contribution in [0.25, 0.3) is 0 Å². The van der Waals surface area contributed by atoms with Gasteiger partial charge in [-0.25, -0.2) is 4.79 Å². The zero-order chi connectivity index (χ0) is 10.3. The van der Waals surface area contributed by atoms with Crippen molar-refractivity contribution in [3.05, 3.63) is 11.4 Å². The first-order valence-corrected chi connectivity index (χ1v) is 4.52. The second-order valence-corrected chi connectivity index (χ2v) is 3.57. The van der Waals surface area contributed by atoms with E-state index in [9.17, 15) is 14.0 Å². The Morgan fingerprint density at radius 3 is 2.93 bits per heavy atom. The van der Waals surface area contributed by atoms with Crippen molar-refractivity contribution in [1.29, 1.82) is 0 Å². The molecule has 0 saturated carbocycles. The molecule has 2 fully saturated rings. The van der Waals surface area contributed by atoms with Gasteiger partial charge in [-0.15, -0.1) is 0 Å². The third-order valence-corrected chi connectivity index (χ3v) is 2.79. The van der Waals surface area contributed by atoms with E-state index in [0.29, 0.717) is 13.0 Å². The Morgan fingerprint density at radius 1 is 1.57 bits per heavy atom. The summed E-state index contributed by atoms with van der Waals surface area (Å²) in [6.45, 7) is 0.625. The van der Waals surface area contributed by atoms with Gasteiger partial charge >= 0.3 is 5.97 Å². The van der Waals surface area contributed by atoms with Gasteiger partial charge in [0.1, 0.15) is 0 Å². The minimum absolute atomic E-state index is 0.0667. The van der Waals surface area contributed by atoms with Crippen LogP contribution in [0.4, 0.5) is 4.39 Å². The van der Waals surface area contributed by atoms with Crippen LogP contribution < -0.4 is 0 Å². The number of nitrogens with zero attached hydrogens (tertiary/aromatic N) is 1. The molecule has 1 amide bonds. The zero-order valence-corrected chi connectivity index (χ0v) is 7.49. The maximum Gasteiger partial charge on any atom is 0.364 e. The number of halogens is 1. The number of carbonyl (C=O) groups is 2. The lowest BCUT2D eigenvalue weighted by atomic mass is 10.0. The first-order chi connectivity index (χ1) is 6.61. The van der Waals surface area contributed by atoms with Crippen LogP contribution in [0.1, 0.15) is 19.3 Å². The van der Waals surface area contributed by atoms with Crippen molar-refractivity contribution in [2.24, 2.45) is 0 Å². The Bertz CT molecular complexity index is 337. The highest BCUT2D eigenvalue weighted by Gasteiger charge is 2.41. The predicted molar refractivity (Wildman–Crippen MR) is 45.1 cm³/mol. The van der Waals surface area contributed by atoms with Gasteiger partial charge in [-0.1, -0.05) is 0 Å². The van der Waals surface area contributed by atoms with Gasteiger partial charge in [0, 0.05) is 12.1 Å². The molecule has 1 atom stereocenters. The van der Waals surface area contributed by atoms with Crippen LogP contribution >= 0.6 is 0 Å². The van der Waals surface area contributed by atoms with Crippen molar-refractivity contribution < 1.29 is 19.1 Å². The summed E-state index contributed by atoms with van der Waals surface area (Å²) >= 11 is 0. The highest BCUT2D eigenvalue weighted by atomic mass is 19.1. The lowest BCUT2D eigenvalue weighted by Crippen LogP contribution is -2.27. The van der Waals surface area contributed by atoms with Crippen molar-refractivity contribution in [2.45, 2.75) is 25.3 Å². The number of amides is 1. The molecule has 0 radical (unpaired) electrons. The second kappa shape index (κ2) is 3.08. The molecule has 5 heteroatoms. The third-order valence-electron chi connectivity index (χ3n) is 2.79. The normalized spacial score (nSPS) is 29.4. The highest BCUT2D eigenvalue weighted by Crippen LogP contribution is 2.35. The van der Waals surface area contributed by atoms with Gasteiger partial charge in [0.15, 0.2) is 0 Å². The molecule has 0 spiro atoms. The molecule has 0 aromatic carbocycles. The largest absolute Gasteiger partial charge is 0.476 e. The fourth-order valence-electron chi connectivity index (χ4n) is 2.17. The lowest BCUT2D eigenvalue weighted by molar-refractivity contribution is -0.134. The van der Waals surface area contributed by atoms with E-state index in [-0.39, 0.29) is 23.9 Å². The van der Waals surface area contributed by atoms with E-state index in [1.165, 1.54) is 0 Å². The van der Waals surface area contributed by atoms with Crippen LogP contribution in [-0.4, -0.2) is 34.5 Å². The first-order valence-electron chi connectivity index (χ1n) is 4.52. The predicted octanol–water partition coefficient (Wildman–Crippen LogP) is 0.689. The fraction of sp³-hybridized carbons (Fsp3) is 0.556. The van der Waals surface area contributed by atoms with Crippen molar-refractivity contribution >= 4 is 11.9 Å². The van der Waals surface area contributed by atoms with Crippen molar-refractivity contribution in [1.82, 2.24) is 4.90 Å². The molecule has 1 N–H and O–H groups in total. The minimum atomic E-state index is -1.57. The van der Waals surface area contributed by atoms with E-state index in [2.05, 4.69) is 0 Å². The van der Waals surface area contributed by atoms with Crippen LogP contribution in [0.3, 0.4) is 0 Å². The van der Waals surface area contributed by atoms with Gasteiger partial charge in [-0.05, 0) is 12.8 Å². The number of aliphatic carboxylic acids is 1. The molecule has 2 saturated heterocycles. The molecule has 1 unspecified atom stereocenters. The summed E-state index contributed by atoms with van der Waals surface area (Å²) in [6, 6.07) is -0.293. The number of fused-ring (bicyclic) bond motifs is 1. The number of hydrogen-bond acceptors (Lipinski definition) is 2. The number of carbonyl (C=O) groups excluding carboxylic acids is 1. The maximum atomic E-state index is 13.1. The molecular weight excluding hydrogens is 189 g/mol. The monoisotopic (exact) mass is 199 g/mol. The van der Waals surface area contributed by atoms with Crippen LogP contribution in [0.2, 0.25) is 0 Å². The van der Waals surface area contributed by atoms with E-state index in [1.54, 1.807) is 4.90 Å². The second-order valence-electron chi connectivity index (χ2n) is 3.57. The van der Waals surface area contributed by atoms with Crippen LogP contribution in [-0.2, 0) is 9.59 Å². The molecule has 0 aliphatic carbocycles. The third kappa shape index (κ3) is 1.20. The molecule has 4 nitrogen and oxygen atoms in total. The number of hydrogen-bond donors (Lipinski definition) is 1. The Kier molecular flexibility index (Phi) is 2.02. The molecule has 14 heavy (non-hydrogen) atoms. The molecule has 76 valence electrons. The molecular formula is C9H10FNO3. The summed E-state index contributed by atoms with van der Waals surface area (Å²) in [7, 11) is 0. The van der Waals surface area contributed by atoms with E-state index in [1.807, 2.05) is 0 Å². The number of carboxylic acids is 1. The molecule has 0 aromatic heterocycles. The average Bonchev–Trinajstić information content (AvgIpc) is 2.68. The van der Waals surface area contributed by atoms with Crippen molar-refractivity contribution in [3.63, 3.8) is 0 Å². The lowest BCUT2D eigenvalue weighted by Gasteiger charge is -2.14. The molecule has 0 aromatic rings. The summed E-state index contributed by atoms with van der Waals surface area (Å²) < 4.78 is 13.1. The SMILES string of the molecule is O=C(O)/C(F)=C1/CC(=O)N2CCCC12. The van der Waals surface area contributed by atoms with Crippen molar-refractivity contribution in [2.75, 3.05) is 6.54 Å². The summed E-state index contributed by atoms with van der Waals surface area (Å²) in [6.07, 6.45) is 1.44. The molecule has 2 aliphatic rings. The molecule has 2 aliphatic heterocycles. The molecule has 0 bridgehead atoms. The summed E-state index contributed by atoms with van der Waals surface area (Å²) in [4.78, 5) is 23.3. The Morgan fingerprint density at radius 2 is 2.29 bits per heavy atom.